The average molecular weight is 380 g/mol. The summed E-state index contributed by atoms with van der Waals surface area (Å²) < 4.78 is 26.2. The maximum Gasteiger partial charge on any atom is 0.254 e. The summed E-state index contributed by atoms with van der Waals surface area (Å²) in [6.07, 6.45) is 5.27. The summed E-state index contributed by atoms with van der Waals surface area (Å²) >= 11 is 0. The summed E-state index contributed by atoms with van der Waals surface area (Å²) in [6, 6.07) is 7.84. The number of halogens is 2. The van der Waals surface area contributed by atoms with E-state index in [1.807, 2.05) is 16.9 Å². The van der Waals surface area contributed by atoms with Gasteiger partial charge in [-0.2, -0.15) is 10.1 Å². The number of rotatable bonds is 5. The van der Waals surface area contributed by atoms with Crippen LogP contribution in [-0.4, -0.2) is 33.0 Å². The van der Waals surface area contributed by atoms with Crippen LogP contribution in [0, 0.1) is 5.82 Å². The third-order valence-electron chi connectivity index (χ3n) is 4.40. The molecular weight excluding hydrogens is 361 g/mol. The van der Waals surface area contributed by atoms with Crippen molar-refractivity contribution in [3.8, 4) is 5.75 Å². The fourth-order valence-electron chi connectivity index (χ4n) is 3.11. The molecule has 0 spiro atoms. The zero-order valence-electron chi connectivity index (χ0n) is 14.0. The van der Waals surface area contributed by atoms with Gasteiger partial charge in [0.1, 0.15) is 17.1 Å². The largest absolute Gasteiger partial charge is 0.485 e. The minimum absolute atomic E-state index is 0. The van der Waals surface area contributed by atoms with Gasteiger partial charge in [0.05, 0.1) is 0 Å². The van der Waals surface area contributed by atoms with Crippen molar-refractivity contribution >= 4 is 12.4 Å². The number of aromatic nitrogens is 4. The lowest BCUT2D eigenvalue weighted by molar-refractivity contribution is 0.172. The summed E-state index contributed by atoms with van der Waals surface area (Å²) in [5, 5.41) is 11.7. The Morgan fingerprint density at radius 1 is 1.27 bits per heavy atom. The van der Waals surface area contributed by atoms with Crippen LogP contribution >= 0.6 is 12.4 Å². The Bertz CT molecular complexity index is 833. The lowest BCUT2D eigenvalue weighted by Gasteiger charge is -2.34. The second-order valence-corrected chi connectivity index (χ2v) is 5.99. The third kappa shape index (κ3) is 3.56. The van der Waals surface area contributed by atoms with Crippen LogP contribution in [-0.2, 0) is 12.1 Å². The van der Waals surface area contributed by atoms with Gasteiger partial charge < -0.3 is 14.6 Å². The van der Waals surface area contributed by atoms with Crippen molar-refractivity contribution in [3.05, 3.63) is 60.3 Å². The van der Waals surface area contributed by atoms with Crippen molar-refractivity contribution in [1.29, 1.82) is 0 Å². The predicted octanol–water partition coefficient (Wildman–Crippen LogP) is 2.53. The van der Waals surface area contributed by atoms with E-state index in [9.17, 15) is 4.39 Å². The Labute approximate surface area is 156 Å². The first kappa shape index (κ1) is 18.3. The van der Waals surface area contributed by atoms with Crippen molar-refractivity contribution in [2.24, 2.45) is 0 Å². The minimum atomic E-state index is -0.446. The molecule has 0 aliphatic carbocycles. The number of benzene rings is 1. The van der Waals surface area contributed by atoms with Gasteiger partial charge in [0.15, 0.2) is 6.61 Å². The lowest BCUT2D eigenvalue weighted by Crippen LogP contribution is -2.45. The van der Waals surface area contributed by atoms with Crippen LogP contribution in [0.1, 0.15) is 24.6 Å². The summed E-state index contributed by atoms with van der Waals surface area (Å²) in [7, 11) is 0. The van der Waals surface area contributed by atoms with Crippen molar-refractivity contribution in [3.63, 3.8) is 0 Å². The molecule has 1 fully saturated rings. The standard InChI is InChI=1S/C17H18FN5O2.ClH/c18-13-3-1-4-14(11-13)24-12-15-21-16(25-22-15)17(5-8-19-9-6-17)23-10-2-7-20-23;/h1-4,7,10-11,19H,5-6,8-9,12H2;1H. The second kappa shape index (κ2) is 7.84. The van der Waals surface area contributed by atoms with Crippen molar-refractivity contribution in [2.75, 3.05) is 13.1 Å². The first-order chi connectivity index (χ1) is 12.3. The second-order valence-electron chi connectivity index (χ2n) is 5.99. The molecule has 9 heteroatoms. The molecule has 0 amide bonds. The molecule has 1 aliphatic heterocycles. The van der Waals surface area contributed by atoms with E-state index in [0.29, 0.717) is 17.5 Å². The molecule has 4 rings (SSSR count). The van der Waals surface area contributed by atoms with Gasteiger partial charge in [-0.25, -0.2) is 4.39 Å². The molecule has 1 aliphatic rings. The highest BCUT2D eigenvalue weighted by molar-refractivity contribution is 5.85. The Hall–Kier alpha value is -2.45. The van der Waals surface area contributed by atoms with Crippen molar-refractivity contribution in [2.45, 2.75) is 25.0 Å². The normalized spacial score (nSPS) is 16.0. The van der Waals surface area contributed by atoms with E-state index in [4.69, 9.17) is 9.26 Å². The molecule has 0 saturated carbocycles. The zero-order valence-corrected chi connectivity index (χ0v) is 14.8. The van der Waals surface area contributed by atoms with Gasteiger partial charge in [0, 0.05) is 18.5 Å². The molecule has 1 aromatic carbocycles. The monoisotopic (exact) mass is 379 g/mol. The van der Waals surface area contributed by atoms with E-state index in [0.717, 1.165) is 25.9 Å². The summed E-state index contributed by atoms with van der Waals surface area (Å²) in [5.74, 6) is 1.02. The Morgan fingerprint density at radius 2 is 2.12 bits per heavy atom. The van der Waals surface area contributed by atoms with Crippen LogP contribution in [0.4, 0.5) is 4.39 Å². The maximum atomic E-state index is 13.2. The molecule has 138 valence electrons. The summed E-state index contributed by atoms with van der Waals surface area (Å²) in [6.45, 7) is 1.80. The molecule has 1 saturated heterocycles. The quantitative estimate of drug-likeness (QED) is 0.734. The highest BCUT2D eigenvalue weighted by Crippen LogP contribution is 2.33. The molecule has 7 nitrogen and oxygen atoms in total. The first-order valence-corrected chi connectivity index (χ1v) is 8.19. The predicted molar refractivity (Wildman–Crippen MR) is 93.7 cm³/mol. The van der Waals surface area contributed by atoms with Crippen molar-refractivity contribution < 1.29 is 13.7 Å². The van der Waals surface area contributed by atoms with E-state index in [1.165, 1.54) is 12.1 Å². The maximum absolute atomic E-state index is 13.2. The topological polar surface area (TPSA) is 78.0 Å². The van der Waals surface area contributed by atoms with Crippen LogP contribution in [0.15, 0.2) is 47.2 Å². The number of ether oxygens (including phenoxy) is 1. The van der Waals surface area contributed by atoms with Gasteiger partial charge in [-0.1, -0.05) is 11.2 Å². The fourth-order valence-corrected chi connectivity index (χ4v) is 3.11. The molecule has 0 atom stereocenters. The lowest BCUT2D eigenvalue weighted by atomic mass is 9.88. The highest BCUT2D eigenvalue weighted by Gasteiger charge is 2.41. The van der Waals surface area contributed by atoms with Gasteiger partial charge in [0.25, 0.3) is 5.89 Å². The molecular formula is C17H19ClFN5O2. The van der Waals surface area contributed by atoms with Crippen molar-refractivity contribution in [1.82, 2.24) is 25.2 Å². The van der Waals surface area contributed by atoms with Crippen LogP contribution in [0.5, 0.6) is 5.75 Å². The van der Waals surface area contributed by atoms with E-state index < -0.39 is 5.54 Å². The van der Waals surface area contributed by atoms with Gasteiger partial charge in [-0.15, -0.1) is 12.4 Å². The molecule has 1 N–H and O–H groups in total. The van der Waals surface area contributed by atoms with Gasteiger partial charge in [-0.05, 0) is 44.1 Å². The van der Waals surface area contributed by atoms with E-state index in [2.05, 4.69) is 20.6 Å². The van der Waals surface area contributed by atoms with Gasteiger partial charge in [-0.3, -0.25) is 4.68 Å². The van der Waals surface area contributed by atoms with Gasteiger partial charge in [0.2, 0.25) is 5.82 Å². The number of piperidine rings is 1. The third-order valence-corrected chi connectivity index (χ3v) is 4.40. The number of nitrogens with one attached hydrogen (secondary N) is 1. The number of hydrogen-bond acceptors (Lipinski definition) is 6. The molecule has 3 heterocycles. The van der Waals surface area contributed by atoms with Crippen LogP contribution < -0.4 is 10.1 Å². The first-order valence-electron chi connectivity index (χ1n) is 8.19. The molecule has 0 radical (unpaired) electrons. The summed E-state index contributed by atoms with van der Waals surface area (Å²) in [5.41, 5.74) is -0.446. The van der Waals surface area contributed by atoms with E-state index in [-0.39, 0.29) is 24.8 Å². The Kier molecular flexibility index (Phi) is 5.53. The van der Waals surface area contributed by atoms with Crippen LogP contribution in [0.2, 0.25) is 0 Å². The highest BCUT2D eigenvalue weighted by atomic mass is 35.5. The Morgan fingerprint density at radius 3 is 2.85 bits per heavy atom. The molecule has 2 aromatic heterocycles. The molecule has 26 heavy (non-hydrogen) atoms. The molecule has 3 aromatic rings. The SMILES string of the molecule is Cl.Fc1cccc(OCc2noc(C3(n4cccn4)CCNCC3)n2)c1. The van der Waals surface area contributed by atoms with E-state index in [1.54, 1.807) is 18.3 Å². The van der Waals surface area contributed by atoms with Crippen LogP contribution in [0.25, 0.3) is 0 Å². The average Bonchev–Trinajstić information content (AvgIpc) is 3.33. The molecule has 0 bridgehead atoms. The Balaban J connectivity index is 0.00000196. The molecule has 0 unspecified atom stereocenters. The fraction of sp³-hybridized carbons (Fsp3) is 0.353. The zero-order chi connectivity index (χ0) is 17.1. The van der Waals surface area contributed by atoms with E-state index >= 15 is 0 Å². The number of nitrogens with zero attached hydrogens (tertiary/aromatic N) is 4. The minimum Gasteiger partial charge on any atom is -0.485 e. The number of hydrogen-bond donors (Lipinski definition) is 1. The van der Waals surface area contributed by atoms with Crippen LogP contribution in [0.3, 0.4) is 0 Å². The van der Waals surface area contributed by atoms with Gasteiger partial charge >= 0.3 is 0 Å². The summed E-state index contributed by atoms with van der Waals surface area (Å²) in [4.78, 5) is 4.51. The smallest absolute Gasteiger partial charge is 0.254 e.